The zero-order valence-electron chi connectivity index (χ0n) is 15.8. The molecule has 0 unspecified atom stereocenters. The molecular formula is C21H25N5O. The first kappa shape index (κ1) is 18.6. The smallest absolute Gasteiger partial charge is 0.273 e. The lowest BCUT2D eigenvalue weighted by Gasteiger charge is -2.23. The van der Waals surface area contributed by atoms with E-state index in [1.807, 2.05) is 30.3 Å². The van der Waals surface area contributed by atoms with Crippen molar-refractivity contribution < 1.29 is 4.79 Å². The number of aromatic nitrogens is 3. The van der Waals surface area contributed by atoms with E-state index in [1.54, 1.807) is 10.9 Å². The molecule has 1 N–H and O–H groups in total. The molecule has 3 rings (SSSR count). The van der Waals surface area contributed by atoms with Crippen LogP contribution in [0, 0.1) is 6.92 Å². The van der Waals surface area contributed by atoms with E-state index in [0.717, 1.165) is 18.7 Å². The highest BCUT2D eigenvalue weighted by atomic mass is 16.2. The summed E-state index contributed by atoms with van der Waals surface area (Å²) in [7, 11) is 0. The van der Waals surface area contributed by atoms with E-state index >= 15 is 0 Å². The summed E-state index contributed by atoms with van der Waals surface area (Å²) in [6.45, 7) is 6.96. The molecule has 0 saturated carbocycles. The highest BCUT2D eigenvalue weighted by Crippen LogP contribution is 2.15. The highest BCUT2D eigenvalue weighted by molar-refractivity contribution is 5.91. The predicted octanol–water partition coefficient (Wildman–Crippen LogP) is 2.89. The van der Waals surface area contributed by atoms with E-state index < -0.39 is 0 Å². The van der Waals surface area contributed by atoms with E-state index in [1.165, 1.54) is 11.3 Å². The van der Waals surface area contributed by atoms with Crippen molar-refractivity contribution in [2.45, 2.75) is 20.4 Å². The lowest BCUT2D eigenvalue weighted by molar-refractivity contribution is 0.0949. The monoisotopic (exact) mass is 363 g/mol. The van der Waals surface area contributed by atoms with Gasteiger partial charge in [0.1, 0.15) is 0 Å². The van der Waals surface area contributed by atoms with Crippen LogP contribution in [-0.2, 0) is 6.54 Å². The van der Waals surface area contributed by atoms with Gasteiger partial charge in [0.2, 0.25) is 0 Å². The molecule has 0 bridgehead atoms. The molecule has 0 aliphatic rings. The predicted molar refractivity (Wildman–Crippen MR) is 107 cm³/mol. The van der Waals surface area contributed by atoms with Crippen molar-refractivity contribution >= 4 is 11.6 Å². The number of likely N-dealkylation sites (N-methyl/N-ethyl adjacent to an activating group) is 1. The van der Waals surface area contributed by atoms with E-state index in [0.29, 0.717) is 18.8 Å². The summed E-state index contributed by atoms with van der Waals surface area (Å²) in [5.41, 5.74) is 3.85. The van der Waals surface area contributed by atoms with Crippen molar-refractivity contribution in [1.29, 1.82) is 0 Å². The summed E-state index contributed by atoms with van der Waals surface area (Å²) in [5, 5.41) is 11.0. The SMILES string of the molecule is CCN(CCNC(=O)c1cn(Cc2ccccc2)nn1)c1cccc(C)c1. The average molecular weight is 363 g/mol. The molecule has 0 saturated heterocycles. The first-order valence-electron chi connectivity index (χ1n) is 9.19. The van der Waals surface area contributed by atoms with Gasteiger partial charge in [-0.15, -0.1) is 5.10 Å². The molecule has 1 amide bonds. The lowest BCUT2D eigenvalue weighted by atomic mass is 10.2. The van der Waals surface area contributed by atoms with Gasteiger partial charge in [-0.05, 0) is 37.1 Å². The molecule has 0 atom stereocenters. The van der Waals surface area contributed by atoms with Crippen molar-refractivity contribution in [3.8, 4) is 0 Å². The minimum absolute atomic E-state index is 0.199. The third kappa shape index (κ3) is 5.17. The van der Waals surface area contributed by atoms with Gasteiger partial charge in [0.05, 0.1) is 12.7 Å². The van der Waals surface area contributed by atoms with Crippen LogP contribution in [0.3, 0.4) is 0 Å². The van der Waals surface area contributed by atoms with Gasteiger partial charge >= 0.3 is 0 Å². The molecule has 6 nitrogen and oxygen atoms in total. The summed E-state index contributed by atoms with van der Waals surface area (Å²) < 4.78 is 1.68. The molecular weight excluding hydrogens is 338 g/mol. The maximum atomic E-state index is 12.3. The molecule has 0 aliphatic carbocycles. The first-order valence-corrected chi connectivity index (χ1v) is 9.19. The van der Waals surface area contributed by atoms with Gasteiger partial charge in [-0.2, -0.15) is 0 Å². The second kappa shape index (κ2) is 8.98. The van der Waals surface area contributed by atoms with Gasteiger partial charge in [-0.1, -0.05) is 47.7 Å². The van der Waals surface area contributed by atoms with Crippen LogP contribution in [-0.4, -0.2) is 40.5 Å². The molecule has 0 radical (unpaired) electrons. The quantitative estimate of drug-likeness (QED) is 0.668. The summed E-state index contributed by atoms with van der Waals surface area (Å²) >= 11 is 0. The van der Waals surface area contributed by atoms with Crippen LogP contribution in [0.5, 0.6) is 0 Å². The Balaban J connectivity index is 1.52. The van der Waals surface area contributed by atoms with Crippen molar-refractivity contribution in [3.05, 3.63) is 77.6 Å². The summed E-state index contributed by atoms with van der Waals surface area (Å²) in [6.07, 6.45) is 1.68. The molecule has 3 aromatic rings. The highest BCUT2D eigenvalue weighted by Gasteiger charge is 2.11. The topological polar surface area (TPSA) is 63.1 Å². The Morgan fingerprint density at radius 2 is 1.96 bits per heavy atom. The van der Waals surface area contributed by atoms with E-state index in [9.17, 15) is 4.79 Å². The van der Waals surface area contributed by atoms with Gasteiger partial charge in [-0.25, -0.2) is 4.68 Å². The number of carbonyl (C=O) groups excluding carboxylic acids is 1. The minimum Gasteiger partial charge on any atom is -0.370 e. The maximum absolute atomic E-state index is 12.3. The molecule has 1 heterocycles. The number of hydrogen-bond acceptors (Lipinski definition) is 4. The number of nitrogens with zero attached hydrogens (tertiary/aromatic N) is 4. The number of aryl methyl sites for hydroxylation is 1. The summed E-state index contributed by atoms with van der Waals surface area (Å²) in [6, 6.07) is 18.3. The fraction of sp³-hybridized carbons (Fsp3) is 0.286. The standard InChI is InChI=1S/C21H25N5O/c1-3-25(19-11-7-8-17(2)14-19)13-12-22-21(27)20-16-26(24-23-20)15-18-9-5-4-6-10-18/h4-11,14,16H,3,12-13,15H2,1-2H3,(H,22,27). The Bertz CT molecular complexity index is 875. The maximum Gasteiger partial charge on any atom is 0.273 e. The van der Waals surface area contributed by atoms with Crippen molar-refractivity contribution in [2.75, 3.05) is 24.5 Å². The van der Waals surface area contributed by atoms with E-state index in [4.69, 9.17) is 0 Å². The third-order valence-corrected chi connectivity index (χ3v) is 4.37. The normalized spacial score (nSPS) is 10.6. The molecule has 27 heavy (non-hydrogen) atoms. The van der Waals surface area contributed by atoms with Crippen LogP contribution in [0.2, 0.25) is 0 Å². The number of anilines is 1. The van der Waals surface area contributed by atoms with Crippen molar-refractivity contribution in [1.82, 2.24) is 20.3 Å². The second-order valence-electron chi connectivity index (χ2n) is 6.46. The number of nitrogens with one attached hydrogen (secondary N) is 1. The zero-order chi connectivity index (χ0) is 19.1. The Morgan fingerprint density at radius 1 is 1.15 bits per heavy atom. The Kier molecular flexibility index (Phi) is 6.20. The number of hydrogen-bond donors (Lipinski definition) is 1. The van der Waals surface area contributed by atoms with Crippen molar-refractivity contribution in [3.63, 3.8) is 0 Å². The van der Waals surface area contributed by atoms with E-state index in [2.05, 4.69) is 58.6 Å². The fourth-order valence-corrected chi connectivity index (χ4v) is 2.94. The molecule has 1 aromatic heterocycles. The summed E-state index contributed by atoms with van der Waals surface area (Å²) in [4.78, 5) is 14.6. The molecule has 6 heteroatoms. The van der Waals surface area contributed by atoms with Crippen molar-refractivity contribution in [2.24, 2.45) is 0 Å². The van der Waals surface area contributed by atoms with E-state index in [-0.39, 0.29) is 5.91 Å². The second-order valence-corrected chi connectivity index (χ2v) is 6.46. The first-order chi connectivity index (χ1) is 13.2. The third-order valence-electron chi connectivity index (χ3n) is 4.37. The zero-order valence-corrected chi connectivity index (χ0v) is 15.8. The Morgan fingerprint density at radius 3 is 2.70 bits per heavy atom. The Labute approximate surface area is 159 Å². The van der Waals surface area contributed by atoms with Gasteiger partial charge < -0.3 is 10.2 Å². The molecule has 140 valence electrons. The molecule has 0 fully saturated rings. The number of rotatable bonds is 8. The summed E-state index contributed by atoms with van der Waals surface area (Å²) in [5.74, 6) is -0.199. The average Bonchev–Trinajstić information content (AvgIpc) is 3.14. The number of carbonyl (C=O) groups is 1. The fourth-order valence-electron chi connectivity index (χ4n) is 2.94. The number of amides is 1. The van der Waals surface area contributed by atoms with Crippen LogP contribution in [0.1, 0.15) is 28.5 Å². The van der Waals surface area contributed by atoms with Crippen LogP contribution >= 0.6 is 0 Å². The minimum atomic E-state index is -0.199. The van der Waals surface area contributed by atoms with Crippen LogP contribution in [0.15, 0.2) is 60.8 Å². The molecule has 2 aromatic carbocycles. The van der Waals surface area contributed by atoms with Crippen LogP contribution in [0.25, 0.3) is 0 Å². The van der Waals surface area contributed by atoms with Crippen LogP contribution < -0.4 is 10.2 Å². The molecule has 0 spiro atoms. The Hall–Kier alpha value is -3.15. The molecule has 0 aliphatic heterocycles. The van der Waals surface area contributed by atoms with Gasteiger partial charge in [0.15, 0.2) is 5.69 Å². The van der Waals surface area contributed by atoms with Gasteiger partial charge in [-0.3, -0.25) is 4.79 Å². The van der Waals surface area contributed by atoms with Gasteiger partial charge in [0, 0.05) is 25.3 Å². The van der Waals surface area contributed by atoms with Crippen LogP contribution in [0.4, 0.5) is 5.69 Å². The lowest BCUT2D eigenvalue weighted by Crippen LogP contribution is -2.35. The number of benzene rings is 2. The largest absolute Gasteiger partial charge is 0.370 e. The van der Waals surface area contributed by atoms with Gasteiger partial charge in [0.25, 0.3) is 5.91 Å².